The zero-order chi connectivity index (χ0) is 29.9. The summed E-state index contributed by atoms with van der Waals surface area (Å²) in [4.78, 5) is 5.57. The lowest BCUT2D eigenvalue weighted by molar-refractivity contribution is 0.660. The normalized spacial score (nSPS) is 6.38. The van der Waals surface area contributed by atoms with Gasteiger partial charge in [-0.05, 0) is 61.4 Å². The van der Waals surface area contributed by atoms with E-state index in [1.165, 1.54) is 16.9 Å². The Balaban J connectivity index is -0.0000000262. The summed E-state index contributed by atoms with van der Waals surface area (Å²) >= 11 is 1.82. The van der Waals surface area contributed by atoms with E-state index >= 15 is 0 Å². The van der Waals surface area contributed by atoms with Gasteiger partial charge in [0.2, 0.25) is 0 Å². The lowest BCUT2D eigenvalue weighted by Crippen LogP contribution is -1.91. The minimum absolute atomic E-state index is 0. The summed E-state index contributed by atoms with van der Waals surface area (Å²) in [6.45, 7) is 25.5. The highest BCUT2D eigenvalue weighted by Crippen LogP contribution is 2.07. The highest BCUT2D eigenvalue weighted by Gasteiger charge is 1.83. The molecule has 0 N–H and O–H groups in total. The number of hydrogen-bond acceptors (Lipinski definition) is 3. The summed E-state index contributed by atoms with van der Waals surface area (Å²) in [6, 6.07) is 22.6. The van der Waals surface area contributed by atoms with Crippen molar-refractivity contribution in [1.82, 2.24) is 14.8 Å². The van der Waals surface area contributed by atoms with Gasteiger partial charge >= 0.3 is 0 Å². The van der Waals surface area contributed by atoms with Gasteiger partial charge in [0.1, 0.15) is 0 Å². The zero-order valence-electron chi connectivity index (χ0n) is 26.7. The van der Waals surface area contributed by atoms with Crippen LogP contribution in [0.15, 0.2) is 90.7 Å². The van der Waals surface area contributed by atoms with Gasteiger partial charge in [-0.25, -0.2) is 0 Å². The molecule has 0 aliphatic carbocycles. The van der Waals surface area contributed by atoms with Crippen LogP contribution < -0.4 is 0 Å². The van der Waals surface area contributed by atoms with E-state index in [2.05, 4.69) is 79.6 Å². The van der Waals surface area contributed by atoms with Gasteiger partial charge in [0, 0.05) is 35.7 Å². The number of rotatable bonds is 4. The van der Waals surface area contributed by atoms with Crippen LogP contribution in [0.2, 0.25) is 0 Å². The molecule has 0 saturated heterocycles. The van der Waals surface area contributed by atoms with Gasteiger partial charge in [-0.2, -0.15) is 5.10 Å². The molecular weight excluding hydrogens is 591 g/mol. The minimum Gasteiger partial charge on any atom is -0.273 e. The van der Waals surface area contributed by atoms with Crippen molar-refractivity contribution in [3.05, 3.63) is 107 Å². The molecule has 47 heavy (non-hydrogen) atoms. The summed E-state index contributed by atoms with van der Waals surface area (Å²) in [5.74, 6) is 0. The van der Waals surface area contributed by atoms with E-state index in [9.17, 15) is 0 Å². The van der Waals surface area contributed by atoms with Crippen molar-refractivity contribution in [3.63, 3.8) is 0 Å². The standard InChI is InChI=1S/C8H10.C7H9N.C6H8S.C5H8N2.4C2H6.9CH4/c1-2-8-6-4-3-5-7-8;1-2-7-5-3-4-6-8-7;1-2-6-4-3-5-7-6;1-2-7-5-3-4-6-7;4*1-2;;;;;;;;;/h3-7H,2H2,1H3;3-6H,2H2,1H3;2*3-5H,2H2,1H3;4*1-2H3;9*1H4. The molecule has 4 heteroatoms. The van der Waals surface area contributed by atoms with Crippen molar-refractivity contribution in [2.24, 2.45) is 0 Å². The van der Waals surface area contributed by atoms with E-state index in [0.29, 0.717) is 0 Å². The second-order valence-corrected chi connectivity index (χ2v) is 7.34. The third kappa shape index (κ3) is 59.3. The maximum Gasteiger partial charge on any atom is 0.0489 e. The average molecular weight is 686 g/mol. The molecule has 1 aromatic carbocycles. The molecule has 3 nitrogen and oxygen atoms in total. The highest BCUT2D eigenvalue weighted by molar-refractivity contribution is 7.09. The molecule has 0 aliphatic rings. The Labute approximate surface area is 307 Å². The first-order chi connectivity index (χ1) is 18.7. The lowest BCUT2D eigenvalue weighted by Gasteiger charge is -1.89. The fourth-order valence-corrected chi connectivity index (χ4v) is 2.98. The van der Waals surface area contributed by atoms with E-state index in [1.54, 1.807) is 6.20 Å². The molecule has 0 radical (unpaired) electrons. The van der Waals surface area contributed by atoms with Crippen molar-refractivity contribution < 1.29 is 0 Å². The molecule has 0 spiro atoms. The minimum atomic E-state index is 0. The maximum absolute atomic E-state index is 4.10. The second-order valence-electron chi connectivity index (χ2n) is 6.31. The van der Waals surface area contributed by atoms with Gasteiger partial charge in [0.25, 0.3) is 0 Å². The first-order valence-electron chi connectivity index (χ1n) is 14.7. The summed E-state index contributed by atoms with van der Waals surface area (Å²) in [7, 11) is 0. The summed E-state index contributed by atoms with van der Waals surface area (Å²) in [5, 5.41) is 6.06. The molecule has 3 aromatic heterocycles. The van der Waals surface area contributed by atoms with Crippen molar-refractivity contribution >= 4 is 11.3 Å². The Bertz CT molecular complexity index is 756. The van der Waals surface area contributed by atoms with Gasteiger partial charge in [-0.1, -0.05) is 185 Å². The molecule has 0 amide bonds. The number of aryl methyl sites for hydroxylation is 4. The van der Waals surface area contributed by atoms with Gasteiger partial charge in [0.05, 0.1) is 0 Å². The average Bonchev–Trinajstić information content (AvgIpc) is 3.78. The number of aromatic nitrogens is 3. The Morgan fingerprint density at radius 1 is 0.511 bits per heavy atom. The number of nitrogens with zero attached hydrogens (tertiary/aromatic N) is 3. The van der Waals surface area contributed by atoms with E-state index in [4.69, 9.17) is 0 Å². The van der Waals surface area contributed by atoms with Crippen LogP contribution in [0.25, 0.3) is 0 Å². The number of pyridine rings is 1. The molecule has 0 fully saturated rings. The van der Waals surface area contributed by atoms with Gasteiger partial charge in [-0.15, -0.1) is 11.3 Å². The Morgan fingerprint density at radius 3 is 1.21 bits per heavy atom. The Kier molecular flexibility index (Phi) is 143. The third-order valence-electron chi connectivity index (χ3n) is 4.15. The molecule has 4 rings (SSSR count). The highest BCUT2D eigenvalue weighted by atomic mass is 32.1. The van der Waals surface area contributed by atoms with Crippen LogP contribution in [0.1, 0.15) is 166 Å². The molecule has 0 atom stereocenters. The van der Waals surface area contributed by atoms with Crippen LogP contribution in [0.4, 0.5) is 0 Å². The van der Waals surface area contributed by atoms with Gasteiger partial charge < -0.3 is 0 Å². The fourth-order valence-electron chi connectivity index (χ4n) is 2.32. The van der Waals surface area contributed by atoms with Gasteiger partial charge in [0.15, 0.2) is 0 Å². The maximum atomic E-state index is 4.10. The predicted octanol–water partition coefficient (Wildman–Crippen LogP) is 16.9. The summed E-state index contributed by atoms with van der Waals surface area (Å²) in [6.07, 6.45) is 8.89. The fraction of sp³-hybridized carbons (Fsp3) is 0.581. The largest absolute Gasteiger partial charge is 0.273 e. The summed E-state index contributed by atoms with van der Waals surface area (Å²) < 4.78 is 1.88. The predicted molar refractivity (Wildman–Crippen MR) is 237 cm³/mol. The Hall–Kier alpha value is -2.72. The third-order valence-corrected chi connectivity index (χ3v) is 5.17. The number of thiophene rings is 1. The van der Waals surface area contributed by atoms with Crippen molar-refractivity contribution in [2.75, 3.05) is 0 Å². The zero-order valence-corrected chi connectivity index (χ0v) is 27.6. The van der Waals surface area contributed by atoms with E-state index in [-0.39, 0.29) is 66.8 Å². The van der Waals surface area contributed by atoms with Crippen molar-refractivity contribution in [3.8, 4) is 0 Å². The first kappa shape index (κ1) is 84.8. The van der Waals surface area contributed by atoms with Crippen molar-refractivity contribution in [2.45, 2.75) is 176 Å². The quantitative estimate of drug-likeness (QED) is 0.214. The molecule has 0 unspecified atom stereocenters. The van der Waals surface area contributed by atoms with Crippen molar-refractivity contribution in [1.29, 1.82) is 0 Å². The van der Waals surface area contributed by atoms with E-state index < -0.39 is 0 Å². The first-order valence-corrected chi connectivity index (χ1v) is 15.5. The van der Waals surface area contributed by atoms with Crippen LogP contribution in [0.5, 0.6) is 0 Å². The van der Waals surface area contributed by atoms with Gasteiger partial charge in [-0.3, -0.25) is 9.67 Å². The molecule has 4 aromatic rings. The van der Waals surface area contributed by atoms with Crippen LogP contribution >= 0.6 is 11.3 Å². The Morgan fingerprint density at radius 2 is 1.00 bits per heavy atom. The van der Waals surface area contributed by atoms with Crippen LogP contribution in [-0.2, 0) is 25.8 Å². The molecule has 288 valence electrons. The lowest BCUT2D eigenvalue weighted by atomic mass is 10.2. The monoisotopic (exact) mass is 686 g/mol. The molecular formula is C43H95N3S. The molecule has 0 bridgehead atoms. The smallest absolute Gasteiger partial charge is 0.0489 e. The topological polar surface area (TPSA) is 30.7 Å². The summed E-state index contributed by atoms with van der Waals surface area (Å²) in [5.41, 5.74) is 2.57. The second kappa shape index (κ2) is 79.1. The van der Waals surface area contributed by atoms with Crippen LogP contribution in [0, 0.1) is 0 Å². The SMILES string of the molecule is C.C.C.C.C.C.C.C.C.CC.CC.CC.CC.CCc1ccccc1.CCc1ccccn1.CCc1cccs1.CCn1cccn1. The van der Waals surface area contributed by atoms with E-state index in [1.807, 2.05) is 114 Å². The molecule has 0 aliphatic heterocycles. The number of hydrogen-bond donors (Lipinski definition) is 0. The van der Waals surface area contributed by atoms with E-state index in [0.717, 1.165) is 25.1 Å². The molecule has 3 heterocycles. The van der Waals surface area contributed by atoms with Crippen LogP contribution in [-0.4, -0.2) is 14.8 Å². The molecule has 0 saturated carbocycles. The van der Waals surface area contributed by atoms with Crippen LogP contribution in [0.3, 0.4) is 0 Å². The number of benzene rings is 1.